The smallest absolute Gasteiger partial charge is 0.273 e. The van der Waals surface area contributed by atoms with E-state index in [4.69, 9.17) is 4.52 Å². The summed E-state index contributed by atoms with van der Waals surface area (Å²) in [5.74, 6) is 0.669. The van der Waals surface area contributed by atoms with Crippen molar-refractivity contribution in [1.29, 1.82) is 0 Å². The van der Waals surface area contributed by atoms with Crippen molar-refractivity contribution < 1.29 is 17.7 Å². The van der Waals surface area contributed by atoms with E-state index in [1.807, 2.05) is 13.8 Å². The zero-order valence-corrected chi connectivity index (χ0v) is 12.3. The van der Waals surface area contributed by atoms with Crippen LogP contribution in [0.5, 0.6) is 0 Å². The Morgan fingerprint density at radius 3 is 2.74 bits per heavy atom. The highest BCUT2D eigenvalue weighted by Gasteiger charge is 2.14. The Morgan fingerprint density at radius 1 is 1.47 bits per heavy atom. The van der Waals surface area contributed by atoms with Gasteiger partial charge >= 0.3 is 0 Å². The van der Waals surface area contributed by atoms with Crippen molar-refractivity contribution in [3.63, 3.8) is 0 Å². The second-order valence-electron chi connectivity index (χ2n) is 4.77. The van der Waals surface area contributed by atoms with Gasteiger partial charge in [0.05, 0.1) is 5.75 Å². The minimum atomic E-state index is -3.07. The first-order valence-corrected chi connectivity index (χ1v) is 8.10. The number of aromatic nitrogens is 1. The zero-order valence-electron chi connectivity index (χ0n) is 11.5. The van der Waals surface area contributed by atoms with Gasteiger partial charge in [0.25, 0.3) is 5.91 Å². The minimum Gasteiger partial charge on any atom is -0.361 e. The number of rotatable bonds is 7. The van der Waals surface area contributed by atoms with E-state index < -0.39 is 15.7 Å². The van der Waals surface area contributed by atoms with Crippen LogP contribution in [-0.4, -0.2) is 37.5 Å². The number of carbonyl (C=O) groups is 1. The molecule has 0 spiro atoms. The predicted molar refractivity (Wildman–Crippen MR) is 71.7 cm³/mol. The molecule has 7 heteroatoms. The number of hydrogen-bond donors (Lipinski definition) is 1. The number of amides is 1. The summed E-state index contributed by atoms with van der Waals surface area (Å²) >= 11 is 0. The molecule has 0 aromatic carbocycles. The van der Waals surface area contributed by atoms with Crippen LogP contribution >= 0.6 is 0 Å². The molecule has 108 valence electrons. The predicted octanol–water partition coefficient (Wildman–Crippen LogP) is 1.04. The van der Waals surface area contributed by atoms with Crippen LogP contribution in [0.1, 0.15) is 37.0 Å². The zero-order chi connectivity index (χ0) is 14.5. The van der Waals surface area contributed by atoms with Gasteiger partial charge in [-0.3, -0.25) is 4.79 Å². The first kappa shape index (κ1) is 15.7. The van der Waals surface area contributed by atoms with E-state index in [9.17, 15) is 13.2 Å². The fraction of sp³-hybridized carbons (Fsp3) is 0.667. The molecule has 6 nitrogen and oxygen atoms in total. The van der Waals surface area contributed by atoms with E-state index in [1.54, 1.807) is 13.0 Å². The fourth-order valence-electron chi connectivity index (χ4n) is 1.47. The van der Waals surface area contributed by atoms with Crippen molar-refractivity contribution in [3.05, 3.63) is 17.5 Å². The van der Waals surface area contributed by atoms with Crippen LogP contribution in [0.25, 0.3) is 0 Å². The highest BCUT2D eigenvalue weighted by Crippen LogP contribution is 2.09. The third-order valence-electron chi connectivity index (χ3n) is 2.54. The number of nitrogens with one attached hydrogen (secondary N) is 1. The standard InChI is InChI=1S/C12H20N2O4S/c1-4-19(16,17)6-5-13-12(15)11-8-10(18-14-11)7-9(2)3/h8-9H,4-7H2,1-3H3,(H,13,15). The van der Waals surface area contributed by atoms with E-state index in [0.717, 1.165) is 0 Å². The summed E-state index contributed by atoms with van der Waals surface area (Å²) in [6.45, 7) is 5.74. The highest BCUT2D eigenvalue weighted by atomic mass is 32.2. The molecule has 0 fully saturated rings. The van der Waals surface area contributed by atoms with Gasteiger partial charge in [-0.05, 0) is 5.92 Å². The van der Waals surface area contributed by atoms with Gasteiger partial charge in [0.2, 0.25) is 0 Å². The summed E-state index contributed by atoms with van der Waals surface area (Å²) in [6, 6.07) is 1.59. The van der Waals surface area contributed by atoms with Crippen LogP contribution < -0.4 is 5.32 Å². The third-order valence-corrected chi connectivity index (χ3v) is 4.25. The van der Waals surface area contributed by atoms with E-state index >= 15 is 0 Å². The average Bonchev–Trinajstić information content (AvgIpc) is 2.76. The van der Waals surface area contributed by atoms with E-state index in [-0.39, 0.29) is 23.7 Å². The van der Waals surface area contributed by atoms with Crippen molar-refractivity contribution >= 4 is 15.7 Å². The second kappa shape index (κ2) is 6.70. The Bertz CT molecular complexity index is 520. The summed E-state index contributed by atoms with van der Waals surface area (Å²) in [5, 5.41) is 6.18. The van der Waals surface area contributed by atoms with Gasteiger partial charge in [-0.15, -0.1) is 0 Å². The molecule has 0 saturated carbocycles. The maximum Gasteiger partial charge on any atom is 0.273 e. The Balaban J connectivity index is 2.48. The third kappa shape index (κ3) is 5.42. The molecule has 1 aromatic rings. The first-order chi connectivity index (χ1) is 8.84. The van der Waals surface area contributed by atoms with Gasteiger partial charge < -0.3 is 9.84 Å². The molecule has 0 aliphatic rings. The molecule has 0 saturated heterocycles. The number of nitrogens with zero attached hydrogens (tertiary/aromatic N) is 1. The van der Waals surface area contributed by atoms with Crippen molar-refractivity contribution in [1.82, 2.24) is 10.5 Å². The van der Waals surface area contributed by atoms with Crippen molar-refractivity contribution in [2.45, 2.75) is 27.2 Å². The van der Waals surface area contributed by atoms with Crippen molar-refractivity contribution in [2.75, 3.05) is 18.1 Å². The van der Waals surface area contributed by atoms with Gasteiger partial charge in [0.15, 0.2) is 15.5 Å². The summed E-state index contributed by atoms with van der Waals surface area (Å²) in [7, 11) is -3.07. The molecular formula is C12H20N2O4S. The highest BCUT2D eigenvalue weighted by molar-refractivity contribution is 7.91. The molecule has 1 amide bonds. The van der Waals surface area contributed by atoms with Gasteiger partial charge in [-0.2, -0.15) is 0 Å². The molecular weight excluding hydrogens is 268 g/mol. The maximum atomic E-state index is 11.7. The summed E-state index contributed by atoms with van der Waals surface area (Å²) in [4.78, 5) is 11.7. The number of sulfone groups is 1. The summed E-state index contributed by atoms with van der Waals surface area (Å²) < 4.78 is 27.6. The van der Waals surface area contributed by atoms with Crippen LogP contribution in [0.15, 0.2) is 10.6 Å². The lowest BCUT2D eigenvalue weighted by atomic mass is 10.1. The lowest BCUT2D eigenvalue weighted by Crippen LogP contribution is -2.29. The Hall–Kier alpha value is -1.37. The molecule has 19 heavy (non-hydrogen) atoms. The Labute approximate surface area is 113 Å². The monoisotopic (exact) mass is 288 g/mol. The largest absolute Gasteiger partial charge is 0.361 e. The lowest BCUT2D eigenvalue weighted by Gasteiger charge is -2.02. The molecule has 1 rings (SSSR count). The SMILES string of the molecule is CCS(=O)(=O)CCNC(=O)c1cc(CC(C)C)on1. The van der Waals surface area contributed by atoms with E-state index in [1.165, 1.54) is 0 Å². The van der Waals surface area contributed by atoms with Crippen LogP contribution in [0.2, 0.25) is 0 Å². The maximum absolute atomic E-state index is 11.7. The van der Waals surface area contributed by atoms with Gasteiger partial charge in [-0.25, -0.2) is 8.42 Å². The second-order valence-corrected chi connectivity index (χ2v) is 7.24. The fourth-order valence-corrected chi connectivity index (χ4v) is 2.18. The van der Waals surface area contributed by atoms with Crippen molar-refractivity contribution in [2.24, 2.45) is 5.92 Å². The molecule has 1 aromatic heterocycles. The number of carbonyl (C=O) groups excluding carboxylic acids is 1. The molecule has 0 radical (unpaired) electrons. The summed E-state index contributed by atoms with van der Waals surface area (Å²) in [6.07, 6.45) is 0.713. The van der Waals surface area contributed by atoms with Gasteiger partial charge in [0.1, 0.15) is 5.76 Å². The van der Waals surface area contributed by atoms with Crippen LogP contribution in [-0.2, 0) is 16.3 Å². The van der Waals surface area contributed by atoms with Crippen LogP contribution in [0, 0.1) is 5.92 Å². The van der Waals surface area contributed by atoms with Crippen LogP contribution in [0.4, 0.5) is 0 Å². The van der Waals surface area contributed by atoms with E-state index in [0.29, 0.717) is 18.1 Å². The lowest BCUT2D eigenvalue weighted by molar-refractivity contribution is 0.0947. The molecule has 0 bridgehead atoms. The van der Waals surface area contributed by atoms with Crippen molar-refractivity contribution in [3.8, 4) is 0 Å². The van der Waals surface area contributed by atoms with Gasteiger partial charge in [0, 0.05) is 24.8 Å². The normalized spacial score (nSPS) is 11.8. The molecule has 1 N–H and O–H groups in total. The quantitative estimate of drug-likeness (QED) is 0.809. The number of hydrogen-bond acceptors (Lipinski definition) is 5. The summed E-state index contributed by atoms with van der Waals surface area (Å²) in [5.41, 5.74) is 0.185. The van der Waals surface area contributed by atoms with E-state index in [2.05, 4.69) is 10.5 Å². The molecule has 0 aliphatic heterocycles. The first-order valence-electron chi connectivity index (χ1n) is 6.28. The van der Waals surface area contributed by atoms with Gasteiger partial charge in [-0.1, -0.05) is 25.9 Å². The average molecular weight is 288 g/mol. The Kier molecular flexibility index (Phi) is 5.53. The minimum absolute atomic E-state index is 0.0635. The molecule has 1 heterocycles. The Morgan fingerprint density at radius 2 is 2.16 bits per heavy atom. The topological polar surface area (TPSA) is 89.3 Å². The molecule has 0 aliphatic carbocycles. The van der Waals surface area contributed by atoms with Crippen LogP contribution in [0.3, 0.4) is 0 Å². The molecule has 0 atom stereocenters. The molecule has 0 unspecified atom stereocenters.